The molecule has 1 N–H and O–H groups in total. The molecule has 1 aliphatic rings. The minimum absolute atomic E-state index is 0.193. The average Bonchev–Trinajstić information content (AvgIpc) is 2.79. The monoisotopic (exact) mass is 427 g/mol. The van der Waals surface area contributed by atoms with E-state index in [4.69, 9.17) is 4.74 Å². The maximum atomic E-state index is 12.8. The van der Waals surface area contributed by atoms with E-state index in [2.05, 4.69) is 28.6 Å². The average molecular weight is 428 g/mol. The normalized spacial score (nSPS) is 13.8. The van der Waals surface area contributed by atoms with Gasteiger partial charge >= 0.3 is 12.0 Å². The maximum Gasteiger partial charge on any atom is 0.340 e. The van der Waals surface area contributed by atoms with Gasteiger partial charge in [-0.3, -0.25) is 0 Å². The lowest BCUT2D eigenvalue weighted by Gasteiger charge is -2.36. The molecule has 0 spiro atoms. The highest BCUT2D eigenvalue weighted by atomic mass is 32.2. The van der Waals surface area contributed by atoms with Gasteiger partial charge in [0.05, 0.1) is 23.5 Å². The summed E-state index contributed by atoms with van der Waals surface area (Å²) in [6.07, 6.45) is 3.86. The molecule has 0 aliphatic carbocycles. The van der Waals surface area contributed by atoms with Crippen LogP contribution < -0.4 is 10.2 Å². The number of amides is 2. The van der Waals surface area contributed by atoms with Crippen molar-refractivity contribution in [3.05, 3.63) is 54.1 Å². The first-order valence-corrected chi connectivity index (χ1v) is 11.6. The lowest BCUT2D eigenvalue weighted by molar-refractivity contribution is 0.0501. The molecule has 6 nitrogen and oxygen atoms in total. The second-order valence-electron chi connectivity index (χ2n) is 7.11. The number of carbonyl (C=O) groups excluding carboxylic acids is 2. The molecule has 7 heteroatoms. The number of benzene rings is 2. The van der Waals surface area contributed by atoms with Crippen molar-refractivity contribution in [2.24, 2.45) is 0 Å². The molecule has 30 heavy (non-hydrogen) atoms. The highest BCUT2D eigenvalue weighted by Gasteiger charge is 2.23. The predicted octanol–water partition coefficient (Wildman–Crippen LogP) is 4.72. The predicted molar refractivity (Wildman–Crippen MR) is 123 cm³/mol. The highest BCUT2D eigenvalue weighted by molar-refractivity contribution is 7.98. The van der Waals surface area contributed by atoms with Gasteiger partial charge in [0.1, 0.15) is 0 Å². The molecule has 0 aromatic heterocycles. The summed E-state index contributed by atoms with van der Waals surface area (Å²) in [5, 5.41) is 2.89. The van der Waals surface area contributed by atoms with Crippen LogP contribution in [0.3, 0.4) is 0 Å². The van der Waals surface area contributed by atoms with Gasteiger partial charge in [-0.25, -0.2) is 9.59 Å². The van der Waals surface area contributed by atoms with Crippen molar-refractivity contribution in [3.8, 4) is 0 Å². The minimum Gasteiger partial charge on any atom is -0.462 e. The van der Waals surface area contributed by atoms with Crippen molar-refractivity contribution >= 4 is 35.1 Å². The second kappa shape index (κ2) is 10.9. The summed E-state index contributed by atoms with van der Waals surface area (Å²) in [5.74, 6) is -0.405. The first-order chi connectivity index (χ1) is 14.6. The van der Waals surface area contributed by atoms with E-state index in [0.29, 0.717) is 30.9 Å². The number of unbranched alkanes of at least 4 members (excludes halogenated alkanes) is 1. The fourth-order valence-corrected chi connectivity index (χ4v) is 4.01. The number of nitrogens with zero attached hydrogens (tertiary/aromatic N) is 2. The largest absolute Gasteiger partial charge is 0.462 e. The van der Waals surface area contributed by atoms with Crippen LogP contribution in [0.1, 0.15) is 30.1 Å². The Labute approximate surface area is 182 Å². The van der Waals surface area contributed by atoms with Crippen molar-refractivity contribution < 1.29 is 14.3 Å². The number of esters is 1. The first-order valence-electron chi connectivity index (χ1n) is 10.3. The van der Waals surface area contributed by atoms with Crippen molar-refractivity contribution in [1.29, 1.82) is 0 Å². The number of ether oxygens (including phenoxy) is 1. The summed E-state index contributed by atoms with van der Waals surface area (Å²) in [7, 11) is 0. The molecule has 1 heterocycles. The molecule has 1 saturated heterocycles. The van der Waals surface area contributed by atoms with E-state index in [-0.39, 0.29) is 6.03 Å². The maximum absolute atomic E-state index is 12.8. The zero-order valence-electron chi connectivity index (χ0n) is 17.6. The molecule has 160 valence electrons. The fraction of sp³-hybridized carbons (Fsp3) is 0.391. The summed E-state index contributed by atoms with van der Waals surface area (Å²) < 4.78 is 5.31. The van der Waals surface area contributed by atoms with E-state index in [9.17, 15) is 9.59 Å². The lowest BCUT2D eigenvalue weighted by Crippen LogP contribution is -2.50. The van der Waals surface area contributed by atoms with Crippen LogP contribution in [0.2, 0.25) is 0 Å². The summed E-state index contributed by atoms with van der Waals surface area (Å²) in [5.41, 5.74) is 2.08. The number of hydrogen-bond acceptors (Lipinski definition) is 5. The molecular formula is C23H29N3O3S. The Morgan fingerprint density at radius 2 is 1.73 bits per heavy atom. The van der Waals surface area contributed by atoms with Crippen LogP contribution >= 0.6 is 11.8 Å². The Hall–Kier alpha value is -2.67. The molecule has 0 bridgehead atoms. The molecule has 0 saturated carbocycles. The Bertz CT molecular complexity index is 866. The molecule has 3 rings (SSSR count). The van der Waals surface area contributed by atoms with Crippen LogP contribution in [0.15, 0.2) is 53.4 Å². The Morgan fingerprint density at radius 1 is 1.03 bits per heavy atom. The number of rotatable bonds is 7. The first kappa shape index (κ1) is 22.0. The van der Waals surface area contributed by atoms with Crippen molar-refractivity contribution in [2.75, 3.05) is 49.3 Å². The molecular weight excluding hydrogens is 398 g/mol. The molecule has 2 aromatic carbocycles. The molecule has 1 aliphatic heterocycles. The number of piperazine rings is 1. The van der Waals surface area contributed by atoms with Crippen LogP contribution in [0, 0.1) is 0 Å². The van der Waals surface area contributed by atoms with Gasteiger partial charge in [-0.15, -0.1) is 11.8 Å². The van der Waals surface area contributed by atoms with E-state index >= 15 is 0 Å². The third-order valence-electron chi connectivity index (χ3n) is 5.11. The lowest BCUT2D eigenvalue weighted by atomic mass is 10.2. The van der Waals surface area contributed by atoms with Gasteiger partial charge in [-0.2, -0.15) is 0 Å². The highest BCUT2D eigenvalue weighted by Crippen LogP contribution is 2.29. The Morgan fingerprint density at radius 3 is 2.47 bits per heavy atom. The number of anilines is 2. The topological polar surface area (TPSA) is 61.9 Å². The van der Waals surface area contributed by atoms with Crippen LogP contribution in [-0.2, 0) is 4.74 Å². The summed E-state index contributed by atoms with van der Waals surface area (Å²) in [6, 6.07) is 15.1. The van der Waals surface area contributed by atoms with Gasteiger partial charge < -0.3 is 19.9 Å². The van der Waals surface area contributed by atoms with Gasteiger partial charge in [0.25, 0.3) is 0 Å². The third kappa shape index (κ3) is 5.48. The van der Waals surface area contributed by atoms with Crippen LogP contribution in [0.25, 0.3) is 0 Å². The van der Waals surface area contributed by atoms with Crippen molar-refractivity contribution in [2.45, 2.75) is 24.7 Å². The Balaban J connectivity index is 1.59. The molecule has 2 amide bonds. The van der Waals surface area contributed by atoms with Crippen LogP contribution in [0.4, 0.5) is 16.2 Å². The zero-order chi connectivity index (χ0) is 21.3. The van der Waals surface area contributed by atoms with Gasteiger partial charge in [0.2, 0.25) is 0 Å². The van der Waals surface area contributed by atoms with E-state index in [0.717, 1.165) is 25.9 Å². The molecule has 0 atom stereocenters. The third-order valence-corrected chi connectivity index (χ3v) is 5.90. The van der Waals surface area contributed by atoms with Crippen LogP contribution in [-0.4, -0.2) is 55.9 Å². The number of hydrogen-bond donors (Lipinski definition) is 1. The standard InChI is InChI=1S/C23H29N3O3S/c1-3-4-17-29-22(27)18-9-5-6-10-19(18)24-23(28)26-15-13-25(14-16-26)20-11-7-8-12-21(20)30-2/h5-12H,3-4,13-17H2,1-2H3,(H,24,28). The SMILES string of the molecule is CCCCOC(=O)c1ccccc1NC(=O)N1CCN(c2ccccc2SC)CC1. The number of urea groups is 1. The van der Waals surface area contributed by atoms with E-state index in [1.54, 1.807) is 40.9 Å². The Kier molecular flexibility index (Phi) is 8.02. The van der Waals surface area contributed by atoms with E-state index in [1.807, 2.05) is 19.1 Å². The van der Waals surface area contributed by atoms with Crippen molar-refractivity contribution in [3.63, 3.8) is 0 Å². The van der Waals surface area contributed by atoms with E-state index < -0.39 is 5.97 Å². The molecule has 0 radical (unpaired) electrons. The number of nitrogens with one attached hydrogen (secondary N) is 1. The zero-order valence-corrected chi connectivity index (χ0v) is 18.4. The number of thioether (sulfide) groups is 1. The fourth-order valence-electron chi connectivity index (χ4n) is 3.39. The quantitative estimate of drug-likeness (QED) is 0.394. The second-order valence-corrected chi connectivity index (χ2v) is 7.96. The van der Waals surface area contributed by atoms with E-state index in [1.165, 1.54) is 10.6 Å². The molecule has 1 fully saturated rings. The molecule has 0 unspecified atom stereocenters. The summed E-state index contributed by atoms with van der Waals surface area (Å²) >= 11 is 1.73. The van der Waals surface area contributed by atoms with Gasteiger partial charge in [0.15, 0.2) is 0 Å². The molecule has 2 aromatic rings. The number of carbonyl (C=O) groups is 2. The summed E-state index contributed by atoms with van der Waals surface area (Å²) in [6.45, 7) is 5.21. The van der Waals surface area contributed by atoms with Gasteiger partial charge in [-0.05, 0) is 36.9 Å². The van der Waals surface area contributed by atoms with Gasteiger partial charge in [-0.1, -0.05) is 37.6 Å². The number of para-hydroxylation sites is 2. The minimum atomic E-state index is -0.405. The smallest absolute Gasteiger partial charge is 0.340 e. The summed E-state index contributed by atoms with van der Waals surface area (Å²) in [4.78, 5) is 30.5. The van der Waals surface area contributed by atoms with Gasteiger partial charge in [0, 0.05) is 31.1 Å². The van der Waals surface area contributed by atoms with Crippen molar-refractivity contribution in [1.82, 2.24) is 4.90 Å². The van der Waals surface area contributed by atoms with Crippen LogP contribution in [0.5, 0.6) is 0 Å².